The topological polar surface area (TPSA) is 64.3 Å². The van der Waals surface area contributed by atoms with E-state index >= 15 is 0 Å². The SMILES string of the molecule is CCC(CN(C)C)(CN(C)C)OC(=O)c1ccccc1.Cl.O. The molecule has 0 unspecified atom stereocenters. The van der Waals surface area contributed by atoms with Crippen LogP contribution in [0, 0.1) is 0 Å². The van der Waals surface area contributed by atoms with Crippen LogP contribution in [0.4, 0.5) is 0 Å². The molecule has 6 heteroatoms. The van der Waals surface area contributed by atoms with Gasteiger partial charge in [0.05, 0.1) is 5.56 Å². The first-order valence-electron chi connectivity index (χ1n) is 6.96. The lowest BCUT2D eigenvalue weighted by Gasteiger charge is -2.37. The smallest absolute Gasteiger partial charge is 0.338 e. The Hall–Kier alpha value is -1.14. The summed E-state index contributed by atoms with van der Waals surface area (Å²) in [6.45, 7) is 3.48. The molecule has 22 heavy (non-hydrogen) atoms. The van der Waals surface area contributed by atoms with Crippen molar-refractivity contribution in [1.82, 2.24) is 9.80 Å². The Morgan fingerprint density at radius 1 is 1.05 bits per heavy atom. The lowest BCUT2D eigenvalue weighted by molar-refractivity contribution is -0.0434. The molecule has 2 N–H and O–H groups in total. The van der Waals surface area contributed by atoms with Crippen molar-refractivity contribution in [2.75, 3.05) is 41.3 Å². The molecule has 0 aliphatic heterocycles. The number of rotatable bonds is 7. The fraction of sp³-hybridized carbons (Fsp3) is 0.562. The average molecular weight is 333 g/mol. The number of benzene rings is 1. The van der Waals surface area contributed by atoms with Gasteiger partial charge in [-0.05, 0) is 46.7 Å². The number of nitrogens with zero attached hydrogens (tertiary/aromatic N) is 2. The van der Waals surface area contributed by atoms with Crippen LogP contribution in [0.1, 0.15) is 23.7 Å². The summed E-state index contributed by atoms with van der Waals surface area (Å²) >= 11 is 0. The first kappa shape index (κ1) is 23.1. The molecule has 0 bridgehead atoms. The van der Waals surface area contributed by atoms with E-state index in [0.29, 0.717) is 18.7 Å². The molecular weight excluding hydrogens is 304 g/mol. The Morgan fingerprint density at radius 2 is 1.50 bits per heavy atom. The van der Waals surface area contributed by atoms with Gasteiger partial charge in [-0.15, -0.1) is 12.4 Å². The molecule has 0 amide bonds. The van der Waals surface area contributed by atoms with Gasteiger partial charge in [0.15, 0.2) is 0 Å². The molecule has 1 aromatic carbocycles. The van der Waals surface area contributed by atoms with Crippen LogP contribution < -0.4 is 0 Å². The number of hydrogen-bond donors (Lipinski definition) is 0. The van der Waals surface area contributed by atoms with E-state index in [2.05, 4.69) is 16.7 Å². The van der Waals surface area contributed by atoms with E-state index in [0.717, 1.165) is 6.42 Å². The Bertz CT molecular complexity index is 415. The Labute approximate surface area is 140 Å². The largest absolute Gasteiger partial charge is 0.453 e. The van der Waals surface area contributed by atoms with Gasteiger partial charge in [0.2, 0.25) is 0 Å². The lowest BCUT2D eigenvalue weighted by Crippen LogP contribution is -2.50. The van der Waals surface area contributed by atoms with Crippen LogP contribution in [0.5, 0.6) is 0 Å². The van der Waals surface area contributed by atoms with Crippen LogP contribution in [-0.2, 0) is 4.74 Å². The maximum Gasteiger partial charge on any atom is 0.338 e. The number of ether oxygens (including phenoxy) is 1. The zero-order chi connectivity index (χ0) is 15.2. The van der Waals surface area contributed by atoms with Crippen LogP contribution in [0.25, 0.3) is 0 Å². The number of esters is 1. The molecule has 1 rings (SSSR count). The van der Waals surface area contributed by atoms with Gasteiger partial charge in [-0.2, -0.15) is 0 Å². The Balaban J connectivity index is 0. The molecule has 1 aromatic rings. The molecule has 0 aromatic heterocycles. The minimum absolute atomic E-state index is 0. The Morgan fingerprint density at radius 3 is 1.86 bits per heavy atom. The van der Waals surface area contributed by atoms with Crippen molar-refractivity contribution >= 4 is 18.4 Å². The van der Waals surface area contributed by atoms with Crippen LogP contribution in [0.2, 0.25) is 0 Å². The summed E-state index contributed by atoms with van der Waals surface area (Å²) in [6.07, 6.45) is 0.780. The first-order valence-corrected chi connectivity index (χ1v) is 6.96. The summed E-state index contributed by atoms with van der Waals surface area (Å²) in [5, 5.41) is 0. The molecule has 0 aliphatic rings. The Kier molecular flexibility index (Phi) is 11.1. The van der Waals surface area contributed by atoms with E-state index < -0.39 is 5.60 Å². The molecule has 0 fully saturated rings. The zero-order valence-corrected chi connectivity index (χ0v) is 14.9. The predicted molar refractivity (Wildman–Crippen MR) is 92.8 cm³/mol. The molecule has 0 saturated carbocycles. The number of halogens is 1. The highest BCUT2D eigenvalue weighted by Gasteiger charge is 2.34. The van der Waals surface area contributed by atoms with Crippen molar-refractivity contribution in [3.05, 3.63) is 35.9 Å². The fourth-order valence-corrected chi connectivity index (χ4v) is 2.39. The van der Waals surface area contributed by atoms with Crippen molar-refractivity contribution in [3.8, 4) is 0 Å². The highest BCUT2D eigenvalue weighted by molar-refractivity contribution is 5.89. The quantitative estimate of drug-likeness (QED) is 0.713. The second-order valence-corrected chi connectivity index (χ2v) is 5.77. The predicted octanol–water partition coefficient (Wildman–Crippen LogP) is 1.71. The highest BCUT2D eigenvalue weighted by Crippen LogP contribution is 2.20. The molecule has 0 atom stereocenters. The van der Waals surface area contributed by atoms with Gasteiger partial charge in [-0.3, -0.25) is 0 Å². The van der Waals surface area contributed by atoms with Gasteiger partial charge in [0.25, 0.3) is 0 Å². The third-order valence-electron chi connectivity index (χ3n) is 3.17. The molecule has 0 heterocycles. The maximum atomic E-state index is 12.3. The van der Waals surface area contributed by atoms with Crippen molar-refractivity contribution in [2.24, 2.45) is 0 Å². The van der Waals surface area contributed by atoms with Crippen LogP contribution in [0.3, 0.4) is 0 Å². The highest BCUT2D eigenvalue weighted by atomic mass is 35.5. The molecule has 128 valence electrons. The number of hydrogen-bond acceptors (Lipinski definition) is 4. The normalized spacial score (nSPS) is 10.9. The van der Waals surface area contributed by atoms with E-state index in [9.17, 15) is 4.79 Å². The van der Waals surface area contributed by atoms with Crippen LogP contribution in [0.15, 0.2) is 30.3 Å². The van der Waals surface area contributed by atoms with Gasteiger partial charge in [-0.25, -0.2) is 4.79 Å². The minimum Gasteiger partial charge on any atom is -0.453 e. The van der Waals surface area contributed by atoms with Gasteiger partial charge in [0.1, 0.15) is 5.60 Å². The molecule has 0 saturated heterocycles. The van der Waals surface area contributed by atoms with E-state index in [1.54, 1.807) is 12.1 Å². The standard InChI is InChI=1S/C16H26N2O2.ClH.H2O/c1-6-16(12-17(2)3,13-18(4)5)20-15(19)14-10-8-7-9-11-14;;/h7-11H,6,12-13H2,1-5H3;1H;1H2. The summed E-state index contributed by atoms with van der Waals surface area (Å²) in [5.41, 5.74) is 0.114. The summed E-state index contributed by atoms with van der Waals surface area (Å²) in [7, 11) is 7.99. The lowest BCUT2D eigenvalue weighted by atomic mass is 9.99. The molecule has 0 spiro atoms. The monoisotopic (exact) mass is 332 g/mol. The van der Waals surface area contributed by atoms with Gasteiger partial charge >= 0.3 is 5.97 Å². The van der Waals surface area contributed by atoms with E-state index in [1.807, 2.05) is 46.4 Å². The third-order valence-corrected chi connectivity index (χ3v) is 3.17. The summed E-state index contributed by atoms with van der Waals surface area (Å²) in [5.74, 6) is -0.254. The van der Waals surface area contributed by atoms with Crippen LogP contribution in [-0.4, -0.2) is 68.1 Å². The summed E-state index contributed by atoms with van der Waals surface area (Å²) in [4.78, 5) is 16.4. The van der Waals surface area contributed by atoms with Gasteiger partial charge in [-0.1, -0.05) is 25.1 Å². The molecule has 0 radical (unpaired) electrons. The van der Waals surface area contributed by atoms with Gasteiger partial charge < -0.3 is 20.0 Å². The molecule has 5 nitrogen and oxygen atoms in total. The zero-order valence-electron chi connectivity index (χ0n) is 14.1. The number of likely N-dealkylation sites (N-methyl/N-ethyl adjacent to an activating group) is 2. The van der Waals surface area contributed by atoms with E-state index in [4.69, 9.17) is 4.74 Å². The molecular formula is C16H29ClN2O3. The average Bonchev–Trinajstić information content (AvgIpc) is 2.38. The summed E-state index contributed by atoms with van der Waals surface area (Å²) in [6, 6.07) is 9.16. The second-order valence-electron chi connectivity index (χ2n) is 5.77. The van der Waals surface area contributed by atoms with E-state index in [-0.39, 0.29) is 23.9 Å². The summed E-state index contributed by atoms with van der Waals surface area (Å²) < 4.78 is 5.87. The third kappa shape index (κ3) is 7.22. The van der Waals surface area contributed by atoms with E-state index in [1.165, 1.54) is 0 Å². The first-order chi connectivity index (χ1) is 9.38. The van der Waals surface area contributed by atoms with Crippen molar-refractivity contribution < 1.29 is 15.0 Å². The van der Waals surface area contributed by atoms with Crippen molar-refractivity contribution in [3.63, 3.8) is 0 Å². The van der Waals surface area contributed by atoms with Crippen molar-refractivity contribution in [1.29, 1.82) is 0 Å². The maximum absolute atomic E-state index is 12.3. The second kappa shape index (κ2) is 10.6. The molecule has 0 aliphatic carbocycles. The van der Waals surface area contributed by atoms with Crippen LogP contribution >= 0.6 is 12.4 Å². The van der Waals surface area contributed by atoms with Crippen molar-refractivity contribution in [2.45, 2.75) is 18.9 Å². The fourth-order valence-electron chi connectivity index (χ4n) is 2.39. The van der Waals surface area contributed by atoms with Gasteiger partial charge in [0, 0.05) is 13.1 Å². The minimum atomic E-state index is -0.486. The number of carbonyl (C=O) groups excluding carboxylic acids is 1. The number of carbonyl (C=O) groups is 1.